The molecule has 1 aliphatic heterocycles. The third-order valence-electron chi connectivity index (χ3n) is 6.17. The summed E-state index contributed by atoms with van der Waals surface area (Å²) >= 11 is 0. The Labute approximate surface area is 217 Å². The summed E-state index contributed by atoms with van der Waals surface area (Å²) in [7, 11) is 5.99. The Kier molecular flexibility index (Phi) is 8.62. The van der Waals surface area contributed by atoms with Crippen molar-refractivity contribution >= 4 is 27.5 Å². The van der Waals surface area contributed by atoms with Crippen molar-refractivity contribution in [3.8, 4) is 11.5 Å². The number of Topliss-reactive ketones (excluding diaryl/α,β-unsaturated/α-hetero) is 1. The van der Waals surface area contributed by atoms with Crippen LogP contribution in [0.25, 0.3) is 5.76 Å². The average molecular weight is 532 g/mol. The van der Waals surface area contributed by atoms with Gasteiger partial charge >= 0.3 is 0 Å². The van der Waals surface area contributed by atoms with Crippen LogP contribution in [0.3, 0.4) is 0 Å². The number of amides is 1. The molecule has 1 atom stereocenters. The number of aliphatic hydroxyl groups is 1. The van der Waals surface area contributed by atoms with Crippen LogP contribution in [0.2, 0.25) is 0 Å². The molecule has 3 rings (SSSR count). The molecule has 0 aliphatic carbocycles. The lowest BCUT2D eigenvalue weighted by atomic mass is 9.95. The van der Waals surface area contributed by atoms with E-state index in [1.165, 1.54) is 57.5 Å². The zero-order valence-electron chi connectivity index (χ0n) is 21.9. The zero-order valence-corrected chi connectivity index (χ0v) is 22.7. The van der Waals surface area contributed by atoms with Crippen LogP contribution in [-0.2, 0) is 19.6 Å². The van der Waals surface area contributed by atoms with Crippen molar-refractivity contribution in [1.29, 1.82) is 0 Å². The zero-order chi connectivity index (χ0) is 27.5. The van der Waals surface area contributed by atoms with Gasteiger partial charge in [0.15, 0.2) is 11.5 Å². The fourth-order valence-electron chi connectivity index (χ4n) is 4.19. The number of aliphatic hydroxyl groups excluding tert-OH is 1. The van der Waals surface area contributed by atoms with Gasteiger partial charge in [-0.05, 0) is 69.0 Å². The smallest absolute Gasteiger partial charge is 0.295 e. The van der Waals surface area contributed by atoms with E-state index >= 15 is 0 Å². The van der Waals surface area contributed by atoms with E-state index in [4.69, 9.17) is 9.47 Å². The van der Waals surface area contributed by atoms with Crippen molar-refractivity contribution < 1.29 is 32.6 Å². The van der Waals surface area contributed by atoms with Gasteiger partial charge in [-0.2, -0.15) is 0 Å². The Bertz CT molecular complexity index is 1300. The maximum atomic E-state index is 13.2. The summed E-state index contributed by atoms with van der Waals surface area (Å²) in [6, 6.07) is 9.73. The number of ketones is 1. The molecule has 1 saturated heterocycles. The first-order chi connectivity index (χ1) is 17.4. The van der Waals surface area contributed by atoms with E-state index < -0.39 is 27.8 Å². The van der Waals surface area contributed by atoms with E-state index in [9.17, 15) is 23.1 Å². The average Bonchev–Trinajstić information content (AvgIpc) is 3.12. The van der Waals surface area contributed by atoms with Crippen LogP contribution in [0.1, 0.15) is 23.6 Å². The van der Waals surface area contributed by atoms with E-state index in [1.807, 2.05) is 19.0 Å². The minimum Gasteiger partial charge on any atom is -0.507 e. The minimum absolute atomic E-state index is 0.0367. The maximum Gasteiger partial charge on any atom is 0.295 e. The van der Waals surface area contributed by atoms with E-state index in [-0.39, 0.29) is 21.8 Å². The maximum absolute atomic E-state index is 13.2. The second-order valence-electron chi connectivity index (χ2n) is 9.08. The normalized spacial score (nSPS) is 17.6. The Hall–Kier alpha value is -3.41. The quantitative estimate of drug-likeness (QED) is 0.282. The summed E-state index contributed by atoms with van der Waals surface area (Å²) in [5, 5.41) is 11.3. The number of carbonyl (C=O) groups excluding carboxylic acids is 2. The highest BCUT2D eigenvalue weighted by molar-refractivity contribution is 7.89. The Morgan fingerprint density at radius 3 is 2.14 bits per heavy atom. The number of sulfonamides is 1. The molecule has 1 amide bonds. The van der Waals surface area contributed by atoms with E-state index in [0.717, 1.165) is 4.31 Å². The molecule has 10 nitrogen and oxygen atoms in total. The molecule has 1 heterocycles. The second-order valence-corrected chi connectivity index (χ2v) is 11.2. The van der Waals surface area contributed by atoms with Crippen LogP contribution in [0, 0.1) is 0 Å². The number of carbonyl (C=O) groups is 2. The number of methoxy groups -OCH3 is 2. The summed E-state index contributed by atoms with van der Waals surface area (Å²) in [5.74, 6) is -1.02. The first-order valence-corrected chi connectivity index (χ1v) is 13.1. The van der Waals surface area contributed by atoms with Gasteiger partial charge in [0.05, 0.1) is 30.7 Å². The number of nitrogens with zero attached hydrogens (tertiary/aromatic N) is 3. The summed E-state index contributed by atoms with van der Waals surface area (Å²) in [6.07, 6.45) is 0.612. The van der Waals surface area contributed by atoms with Gasteiger partial charge in [-0.25, -0.2) is 12.7 Å². The molecule has 200 valence electrons. The van der Waals surface area contributed by atoms with Gasteiger partial charge in [-0.3, -0.25) is 9.59 Å². The molecule has 0 bridgehead atoms. The van der Waals surface area contributed by atoms with Gasteiger partial charge in [0, 0.05) is 26.2 Å². The molecule has 0 spiro atoms. The van der Waals surface area contributed by atoms with E-state index in [0.29, 0.717) is 36.6 Å². The van der Waals surface area contributed by atoms with Crippen LogP contribution in [0.5, 0.6) is 11.5 Å². The van der Waals surface area contributed by atoms with Crippen LogP contribution >= 0.6 is 0 Å². The number of rotatable bonds is 10. The van der Waals surface area contributed by atoms with Crippen molar-refractivity contribution in [1.82, 2.24) is 14.1 Å². The third-order valence-corrected chi connectivity index (χ3v) is 8.00. The summed E-state index contributed by atoms with van der Waals surface area (Å²) in [6.45, 7) is 0.988. The Morgan fingerprint density at radius 2 is 1.59 bits per heavy atom. The molecule has 37 heavy (non-hydrogen) atoms. The summed E-state index contributed by atoms with van der Waals surface area (Å²) in [5.41, 5.74) is 0.704. The van der Waals surface area contributed by atoms with Gasteiger partial charge < -0.3 is 24.4 Å². The molecule has 0 aromatic heterocycles. The number of ether oxygens (including phenoxy) is 2. The highest BCUT2D eigenvalue weighted by Crippen LogP contribution is 2.42. The van der Waals surface area contributed by atoms with E-state index in [1.54, 1.807) is 18.2 Å². The molecule has 1 aliphatic rings. The second kappa shape index (κ2) is 11.3. The third kappa shape index (κ3) is 5.63. The van der Waals surface area contributed by atoms with E-state index in [2.05, 4.69) is 0 Å². The van der Waals surface area contributed by atoms with Gasteiger partial charge in [0.1, 0.15) is 5.76 Å². The SMILES string of the molecule is COc1ccc([C@H]2/C(=C(\O)c3ccc(S(=O)(=O)N(C)C)cc3)C(=O)C(=O)N2CCCN(C)C)cc1OC. The van der Waals surface area contributed by atoms with Crippen LogP contribution in [0.15, 0.2) is 52.9 Å². The molecule has 2 aromatic rings. The lowest BCUT2D eigenvalue weighted by Crippen LogP contribution is -2.32. The standard InChI is InChI=1S/C26H33N3O7S/c1-27(2)14-7-15-29-23(18-10-13-20(35-5)21(16-18)36-6)22(25(31)26(29)32)24(30)17-8-11-19(12-9-17)37(33,34)28(3)4/h8-13,16,23,30H,7,14-15H2,1-6H3/b24-22+/t23-/m0/s1. The Balaban J connectivity index is 2.14. The number of likely N-dealkylation sites (tertiary alicyclic amines) is 1. The molecule has 2 aromatic carbocycles. The number of hydrogen-bond acceptors (Lipinski definition) is 8. The molecule has 0 saturated carbocycles. The molecule has 1 fully saturated rings. The fraction of sp³-hybridized carbons (Fsp3) is 0.385. The largest absolute Gasteiger partial charge is 0.507 e. The van der Waals surface area contributed by atoms with Crippen molar-refractivity contribution in [3.05, 3.63) is 59.2 Å². The lowest BCUT2D eigenvalue weighted by molar-refractivity contribution is -0.139. The predicted octanol–water partition coefficient (Wildman–Crippen LogP) is 2.33. The van der Waals surface area contributed by atoms with Crippen LogP contribution < -0.4 is 9.47 Å². The lowest BCUT2D eigenvalue weighted by Gasteiger charge is -2.26. The van der Waals surface area contributed by atoms with Gasteiger partial charge in [-0.1, -0.05) is 6.07 Å². The molecule has 0 unspecified atom stereocenters. The van der Waals surface area contributed by atoms with Crippen molar-refractivity contribution in [3.63, 3.8) is 0 Å². The highest BCUT2D eigenvalue weighted by Gasteiger charge is 2.46. The first kappa shape index (κ1) is 28.2. The predicted molar refractivity (Wildman–Crippen MR) is 139 cm³/mol. The monoisotopic (exact) mass is 531 g/mol. The molecule has 0 radical (unpaired) electrons. The molecule has 11 heteroatoms. The topological polar surface area (TPSA) is 117 Å². The molecular weight excluding hydrogens is 498 g/mol. The van der Waals surface area contributed by atoms with Crippen LogP contribution in [-0.4, -0.2) is 94.8 Å². The van der Waals surface area contributed by atoms with Crippen molar-refractivity contribution in [2.24, 2.45) is 0 Å². The van der Waals surface area contributed by atoms with Gasteiger partial charge in [-0.15, -0.1) is 0 Å². The van der Waals surface area contributed by atoms with Crippen molar-refractivity contribution in [2.45, 2.75) is 17.4 Å². The summed E-state index contributed by atoms with van der Waals surface area (Å²) in [4.78, 5) is 29.8. The first-order valence-electron chi connectivity index (χ1n) is 11.6. The molecule has 1 N–H and O–H groups in total. The highest BCUT2D eigenvalue weighted by atomic mass is 32.2. The fourth-order valence-corrected chi connectivity index (χ4v) is 5.09. The number of hydrogen-bond donors (Lipinski definition) is 1. The molecular formula is C26H33N3O7S. The van der Waals surface area contributed by atoms with Crippen molar-refractivity contribution in [2.75, 3.05) is 55.5 Å². The Morgan fingerprint density at radius 1 is 0.973 bits per heavy atom. The number of benzene rings is 2. The minimum atomic E-state index is -3.68. The van der Waals surface area contributed by atoms with Gasteiger partial charge in [0.2, 0.25) is 10.0 Å². The van der Waals surface area contributed by atoms with Gasteiger partial charge in [0.25, 0.3) is 11.7 Å². The summed E-state index contributed by atoms with van der Waals surface area (Å²) < 4.78 is 36.7. The van der Waals surface area contributed by atoms with Crippen LogP contribution in [0.4, 0.5) is 0 Å².